The average molecular weight is 312 g/mol. The van der Waals surface area contributed by atoms with Crippen molar-refractivity contribution in [2.24, 2.45) is 7.05 Å². The standard InChI is InChI=1S/C12H18BrN5/c1-9-6-15-18(8-9)5-4-14-7-11-12(13)10(2)16-17(11)3/h6,8,14H,4-5,7H2,1-3H3. The van der Waals surface area contributed by atoms with Crippen LogP contribution in [0.5, 0.6) is 0 Å². The van der Waals surface area contributed by atoms with E-state index in [0.29, 0.717) is 0 Å². The molecule has 0 fully saturated rings. The monoisotopic (exact) mass is 311 g/mol. The minimum atomic E-state index is 0.804. The molecule has 1 N–H and O–H groups in total. The molecule has 0 unspecified atom stereocenters. The molecule has 0 atom stereocenters. The summed E-state index contributed by atoms with van der Waals surface area (Å²) in [5, 5.41) is 12.0. The number of hydrogen-bond acceptors (Lipinski definition) is 3. The van der Waals surface area contributed by atoms with E-state index in [1.54, 1.807) is 0 Å². The molecule has 0 bridgehead atoms. The second kappa shape index (κ2) is 5.67. The maximum Gasteiger partial charge on any atom is 0.0739 e. The Morgan fingerprint density at radius 1 is 1.39 bits per heavy atom. The third-order valence-electron chi connectivity index (χ3n) is 2.83. The first-order chi connectivity index (χ1) is 8.58. The van der Waals surface area contributed by atoms with E-state index in [1.807, 2.05) is 42.7 Å². The van der Waals surface area contributed by atoms with E-state index in [2.05, 4.69) is 31.4 Å². The summed E-state index contributed by atoms with van der Waals surface area (Å²) in [5.41, 5.74) is 3.39. The van der Waals surface area contributed by atoms with Gasteiger partial charge in [0.25, 0.3) is 0 Å². The minimum Gasteiger partial charge on any atom is -0.309 e. The molecule has 0 aromatic carbocycles. The second-order valence-corrected chi connectivity index (χ2v) is 5.22. The van der Waals surface area contributed by atoms with Crippen LogP contribution in [0.15, 0.2) is 16.9 Å². The van der Waals surface area contributed by atoms with Crippen molar-refractivity contribution in [1.29, 1.82) is 0 Å². The lowest BCUT2D eigenvalue weighted by atomic mass is 10.3. The van der Waals surface area contributed by atoms with Crippen molar-refractivity contribution >= 4 is 15.9 Å². The van der Waals surface area contributed by atoms with E-state index in [-0.39, 0.29) is 0 Å². The molecule has 18 heavy (non-hydrogen) atoms. The van der Waals surface area contributed by atoms with E-state index in [9.17, 15) is 0 Å². The quantitative estimate of drug-likeness (QED) is 0.856. The van der Waals surface area contributed by atoms with Gasteiger partial charge in [0, 0.05) is 26.3 Å². The lowest BCUT2D eigenvalue weighted by molar-refractivity contribution is 0.541. The summed E-state index contributed by atoms with van der Waals surface area (Å²) in [7, 11) is 1.96. The van der Waals surface area contributed by atoms with Crippen LogP contribution in [0, 0.1) is 13.8 Å². The number of nitrogens with zero attached hydrogens (tertiary/aromatic N) is 4. The predicted octanol–water partition coefficient (Wildman–Crippen LogP) is 1.79. The second-order valence-electron chi connectivity index (χ2n) is 4.43. The Labute approximate surface area is 115 Å². The fraction of sp³-hybridized carbons (Fsp3) is 0.500. The van der Waals surface area contributed by atoms with Gasteiger partial charge in [-0.2, -0.15) is 10.2 Å². The van der Waals surface area contributed by atoms with Crippen LogP contribution >= 0.6 is 15.9 Å². The topological polar surface area (TPSA) is 47.7 Å². The van der Waals surface area contributed by atoms with E-state index in [0.717, 1.165) is 29.8 Å². The Balaban J connectivity index is 1.82. The smallest absolute Gasteiger partial charge is 0.0739 e. The first-order valence-electron chi connectivity index (χ1n) is 5.95. The molecule has 0 saturated carbocycles. The van der Waals surface area contributed by atoms with Crippen molar-refractivity contribution in [1.82, 2.24) is 24.9 Å². The van der Waals surface area contributed by atoms with Crippen molar-refractivity contribution in [2.45, 2.75) is 26.9 Å². The van der Waals surface area contributed by atoms with Crippen molar-refractivity contribution in [3.63, 3.8) is 0 Å². The van der Waals surface area contributed by atoms with Crippen molar-refractivity contribution in [3.8, 4) is 0 Å². The highest BCUT2D eigenvalue weighted by atomic mass is 79.9. The van der Waals surface area contributed by atoms with Gasteiger partial charge in [-0.3, -0.25) is 9.36 Å². The summed E-state index contributed by atoms with van der Waals surface area (Å²) in [6.45, 7) is 6.62. The first-order valence-corrected chi connectivity index (χ1v) is 6.75. The zero-order valence-corrected chi connectivity index (χ0v) is 12.5. The summed E-state index contributed by atoms with van der Waals surface area (Å²) in [6.07, 6.45) is 3.92. The van der Waals surface area contributed by atoms with E-state index >= 15 is 0 Å². The van der Waals surface area contributed by atoms with Crippen LogP contribution in [0.25, 0.3) is 0 Å². The fourth-order valence-corrected chi connectivity index (χ4v) is 2.34. The Kier molecular flexibility index (Phi) is 4.19. The van der Waals surface area contributed by atoms with Gasteiger partial charge in [0.2, 0.25) is 0 Å². The van der Waals surface area contributed by atoms with Gasteiger partial charge >= 0.3 is 0 Å². The maximum absolute atomic E-state index is 4.36. The number of halogens is 1. The Morgan fingerprint density at radius 2 is 2.17 bits per heavy atom. The summed E-state index contributed by atoms with van der Waals surface area (Å²) in [4.78, 5) is 0. The van der Waals surface area contributed by atoms with Crippen molar-refractivity contribution in [3.05, 3.63) is 33.8 Å². The van der Waals surface area contributed by atoms with E-state index < -0.39 is 0 Å². The normalized spacial score (nSPS) is 11.1. The Hall–Kier alpha value is -1.14. The average Bonchev–Trinajstić information content (AvgIpc) is 2.82. The van der Waals surface area contributed by atoms with Gasteiger partial charge < -0.3 is 5.32 Å². The molecule has 0 radical (unpaired) electrons. The number of aryl methyl sites for hydroxylation is 3. The molecular formula is C12H18BrN5. The maximum atomic E-state index is 4.36. The van der Waals surface area contributed by atoms with E-state index in [1.165, 1.54) is 11.3 Å². The highest BCUT2D eigenvalue weighted by Crippen LogP contribution is 2.19. The molecule has 0 aliphatic carbocycles. The summed E-state index contributed by atoms with van der Waals surface area (Å²) in [5.74, 6) is 0. The first kappa shape index (κ1) is 13.3. The lowest BCUT2D eigenvalue weighted by Crippen LogP contribution is -2.21. The summed E-state index contributed by atoms with van der Waals surface area (Å²) >= 11 is 3.56. The number of rotatable bonds is 5. The van der Waals surface area contributed by atoms with Crippen LogP contribution in [-0.4, -0.2) is 26.1 Å². The van der Waals surface area contributed by atoms with Crippen LogP contribution in [0.2, 0.25) is 0 Å². The van der Waals surface area contributed by atoms with Crippen LogP contribution in [0.1, 0.15) is 17.0 Å². The van der Waals surface area contributed by atoms with Gasteiger partial charge in [-0.1, -0.05) is 0 Å². The van der Waals surface area contributed by atoms with Gasteiger partial charge in [0.1, 0.15) is 0 Å². The molecule has 0 saturated heterocycles. The molecule has 0 amide bonds. The highest BCUT2D eigenvalue weighted by Gasteiger charge is 2.09. The summed E-state index contributed by atoms with van der Waals surface area (Å²) < 4.78 is 4.95. The molecular weight excluding hydrogens is 294 g/mol. The Morgan fingerprint density at radius 3 is 2.72 bits per heavy atom. The number of nitrogens with one attached hydrogen (secondary N) is 1. The van der Waals surface area contributed by atoms with Crippen LogP contribution in [0.4, 0.5) is 0 Å². The third-order valence-corrected chi connectivity index (χ3v) is 3.87. The van der Waals surface area contributed by atoms with Gasteiger partial charge in [0.15, 0.2) is 0 Å². The predicted molar refractivity (Wildman–Crippen MR) is 74.3 cm³/mol. The molecule has 5 nitrogen and oxygen atoms in total. The molecule has 2 rings (SSSR count). The van der Waals surface area contributed by atoms with Gasteiger partial charge in [-0.25, -0.2) is 0 Å². The number of hydrogen-bond donors (Lipinski definition) is 1. The van der Waals surface area contributed by atoms with Gasteiger partial charge in [-0.15, -0.1) is 0 Å². The van der Waals surface area contributed by atoms with Crippen LogP contribution in [0.3, 0.4) is 0 Å². The molecule has 98 valence electrons. The molecule has 0 aliphatic heterocycles. The molecule has 6 heteroatoms. The zero-order chi connectivity index (χ0) is 13.1. The lowest BCUT2D eigenvalue weighted by Gasteiger charge is -2.06. The van der Waals surface area contributed by atoms with Crippen molar-refractivity contribution < 1.29 is 0 Å². The van der Waals surface area contributed by atoms with Crippen LogP contribution in [-0.2, 0) is 20.1 Å². The largest absolute Gasteiger partial charge is 0.309 e. The molecule has 2 heterocycles. The molecule has 2 aromatic rings. The zero-order valence-electron chi connectivity index (χ0n) is 10.9. The molecule has 0 spiro atoms. The van der Waals surface area contributed by atoms with E-state index in [4.69, 9.17) is 0 Å². The Bertz CT molecular complexity index is 529. The van der Waals surface area contributed by atoms with Gasteiger partial charge in [-0.05, 0) is 35.3 Å². The van der Waals surface area contributed by atoms with Crippen LogP contribution < -0.4 is 5.32 Å². The fourth-order valence-electron chi connectivity index (χ4n) is 1.86. The van der Waals surface area contributed by atoms with Crippen molar-refractivity contribution in [2.75, 3.05) is 6.54 Å². The third kappa shape index (κ3) is 3.00. The minimum absolute atomic E-state index is 0.804. The SMILES string of the molecule is Cc1cnn(CCNCc2c(Br)c(C)nn2C)c1. The molecule has 2 aromatic heterocycles. The van der Waals surface area contributed by atoms with Gasteiger partial charge in [0.05, 0.1) is 28.6 Å². The highest BCUT2D eigenvalue weighted by molar-refractivity contribution is 9.10. The number of aromatic nitrogens is 4. The molecule has 0 aliphatic rings. The summed E-state index contributed by atoms with van der Waals surface area (Å²) in [6, 6.07) is 0.